The molecule has 3 rings (SSSR count). The fourth-order valence-electron chi connectivity index (χ4n) is 2.78. The van der Waals surface area contributed by atoms with Crippen molar-refractivity contribution in [1.82, 2.24) is 5.32 Å². The van der Waals surface area contributed by atoms with E-state index in [0.29, 0.717) is 17.0 Å². The molecule has 0 fully saturated rings. The molecule has 1 atom stereocenters. The number of hydrogen-bond donors (Lipinski definition) is 2. The largest absolute Gasteiger partial charge is 0.378 e. The van der Waals surface area contributed by atoms with Gasteiger partial charge in [-0.15, -0.1) is 0 Å². The molecule has 0 aromatic heterocycles. The minimum Gasteiger partial charge on any atom is -0.378 e. The predicted molar refractivity (Wildman–Crippen MR) is 99.1 cm³/mol. The Hall–Kier alpha value is -2.64. The molecule has 2 aromatic carbocycles. The summed E-state index contributed by atoms with van der Waals surface area (Å²) in [5.41, 5.74) is 2.04. The van der Waals surface area contributed by atoms with Crippen molar-refractivity contribution in [3.05, 3.63) is 71.3 Å². The molecule has 7 heteroatoms. The minimum atomic E-state index is -4.01. The Morgan fingerprint density at radius 3 is 2.42 bits per heavy atom. The first kappa shape index (κ1) is 18.2. The average molecular weight is 373 g/mol. The van der Waals surface area contributed by atoms with E-state index in [1.54, 1.807) is 61.1 Å². The van der Waals surface area contributed by atoms with Crippen LogP contribution in [0.5, 0.6) is 0 Å². The van der Waals surface area contributed by atoms with Crippen LogP contribution >= 0.6 is 0 Å². The number of rotatable bonds is 3. The molecule has 0 spiro atoms. The van der Waals surface area contributed by atoms with Gasteiger partial charge in [-0.25, -0.2) is 4.58 Å². The topological polar surface area (TPSA) is 78.6 Å². The maximum atomic E-state index is 12.7. The third-order valence-corrected chi connectivity index (χ3v) is 5.53. The molecule has 1 aliphatic heterocycles. The van der Waals surface area contributed by atoms with E-state index in [4.69, 9.17) is 4.18 Å². The van der Waals surface area contributed by atoms with Crippen molar-refractivity contribution in [3.8, 4) is 0 Å². The molecule has 1 unspecified atom stereocenters. The molecule has 2 N–H and O–H groups in total. The molecule has 0 aliphatic carbocycles. The molecule has 0 saturated heterocycles. The summed E-state index contributed by atoms with van der Waals surface area (Å²) in [6, 6.07) is 13.5. The molecular weight excluding hydrogens is 352 g/mol. The number of aliphatic hydroxyl groups is 1. The van der Waals surface area contributed by atoms with E-state index in [0.717, 1.165) is 5.56 Å². The van der Waals surface area contributed by atoms with E-state index in [2.05, 4.69) is 5.32 Å². The van der Waals surface area contributed by atoms with Crippen molar-refractivity contribution in [2.75, 3.05) is 14.1 Å². The number of fused-ring (bicyclic) bond motifs is 1. The minimum absolute atomic E-state index is 0.0747. The van der Waals surface area contributed by atoms with E-state index in [9.17, 15) is 13.5 Å². The second-order valence-electron chi connectivity index (χ2n) is 6.07. The van der Waals surface area contributed by atoms with Gasteiger partial charge < -0.3 is 9.29 Å². The number of likely N-dealkylation sites (N-methyl/N-ethyl adjacent to an activating group) is 1. The highest BCUT2D eigenvalue weighted by atomic mass is 32.2. The van der Waals surface area contributed by atoms with Gasteiger partial charge in [-0.1, -0.05) is 42.0 Å². The average Bonchev–Trinajstić information content (AvgIpc) is 2.72. The fraction of sp³-hybridized carbons (Fsp3) is 0.211. The highest BCUT2D eigenvalue weighted by Gasteiger charge is 2.29. The summed E-state index contributed by atoms with van der Waals surface area (Å²) in [4.78, 5) is 0.0747. The van der Waals surface area contributed by atoms with Crippen LogP contribution < -0.4 is 5.32 Å². The maximum absolute atomic E-state index is 12.7. The van der Waals surface area contributed by atoms with Gasteiger partial charge in [-0.3, -0.25) is 5.32 Å². The Labute approximate surface area is 153 Å². The van der Waals surface area contributed by atoms with E-state index in [1.165, 1.54) is 12.1 Å². The van der Waals surface area contributed by atoms with Crippen LogP contribution in [0.15, 0.2) is 59.5 Å². The SMILES string of the molecule is CNC1=[N+](C)C(O)c2ccccc2C(OS(=O)(=O)c2ccc(C)cc2)=C1. The van der Waals surface area contributed by atoms with Crippen LogP contribution in [0.3, 0.4) is 0 Å². The maximum Gasteiger partial charge on any atom is 0.339 e. The van der Waals surface area contributed by atoms with E-state index >= 15 is 0 Å². The standard InChI is InChI=1S/C19H20N2O4S/c1-13-8-10-14(11-9-13)26(23,24)25-17-12-18(20-2)21(3)19(22)16-7-5-4-6-15(16)17/h4-12,19,22H,1-3H3/p+1. The lowest BCUT2D eigenvalue weighted by Gasteiger charge is -2.14. The van der Waals surface area contributed by atoms with Crippen LogP contribution in [0.25, 0.3) is 5.76 Å². The number of aryl methyl sites for hydroxylation is 1. The lowest BCUT2D eigenvalue weighted by atomic mass is 10.0. The highest BCUT2D eigenvalue weighted by molar-refractivity contribution is 7.87. The quantitative estimate of drug-likeness (QED) is 0.636. The van der Waals surface area contributed by atoms with Crippen LogP contribution in [0, 0.1) is 6.92 Å². The van der Waals surface area contributed by atoms with Gasteiger partial charge in [0.15, 0.2) is 5.76 Å². The van der Waals surface area contributed by atoms with Gasteiger partial charge in [-0.2, -0.15) is 8.42 Å². The molecule has 1 aliphatic rings. The summed E-state index contributed by atoms with van der Waals surface area (Å²) in [6.45, 7) is 1.88. The number of amidine groups is 1. The summed E-state index contributed by atoms with van der Waals surface area (Å²) >= 11 is 0. The van der Waals surface area contributed by atoms with Crippen molar-refractivity contribution < 1.29 is 22.3 Å². The molecule has 26 heavy (non-hydrogen) atoms. The van der Waals surface area contributed by atoms with Crippen LogP contribution in [-0.4, -0.2) is 38.0 Å². The highest BCUT2D eigenvalue weighted by Crippen LogP contribution is 2.31. The van der Waals surface area contributed by atoms with Gasteiger partial charge >= 0.3 is 10.1 Å². The third-order valence-electron chi connectivity index (χ3n) is 4.28. The van der Waals surface area contributed by atoms with E-state index < -0.39 is 16.3 Å². The lowest BCUT2D eigenvalue weighted by Crippen LogP contribution is -2.29. The van der Waals surface area contributed by atoms with Crippen molar-refractivity contribution in [3.63, 3.8) is 0 Å². The third kappa shape index (κ3) is 3.36. The smallest absolute Gasteiger partial charge is 0.339 e. The molecule has 1 heterocycles. The zero-order valence-corrected chi connectivity index (χ0v) is 15.6. The Morgan fingerprint density at radius 2 is 1.77 bits per heavy atom. The number of nitrogens with zero attached hydrogens (tertiary/aromatic N) is 1. The molecular formula is C19H21N2O4S+. The molecule has 6 nitrogen and oxygen atoms in total. The predicted octanol–water partition coefficient (Wildman–Crippen LogP) is 2.01. The fourth-order valence-corrected chi connectivity index (χ4v) is 3.72. The molecule has 2 aromatic rings. The van der Waals surface area contributed by atoms with Crippen LogP contribution in [0.1, 0.15) is 22.9 Å². The van der Waals surface area contributed by atoms with Gasteiger partial charge in [0.25, 0.3) is 5.84 Å². The number of aliphatic hydroxyl groups excluding tert-OH is 1. The van der Waals surface area contributed by atoms with E-state index in [1.807, 2.05) is 6.92 Å². The Balaban J connectivity index is 2.10. The van der Waals surface area contributed by atoms with Crippen LogP contribution in [0.4, 0.5) is 0 Å². The van der Waals surface area contributed by atoms with Gasteiger partial charge in [-0.05, 0) is 19.1 Å². The first-order valence-corrected chi connectivity index (χ1v) is 9.52. The molecule has 136 valence electrons. The first-order chi connectivity index (χ1) is 12.3. The molecule has 0 radical (unpaired) electrons. The second-order valence-corrected chi connectivity index (χ2v) is 7.61. The monoisotopic (exact) mass is 373 g/mol. The van der Waals surface area contributed by atoms with Gasteiger partial charge in [0.2, 0.25) is 6.23 Å². The molecule has 0 bridgehead atoms. The van der Waals surface area contributed by atoms with Crippen molar-refractivity contribution in [2.45, 2.75) is 18.0 Å². The number of hydrogen-bond acceptors (Lipinski definition) is 5. The molecule has 0 saturated carbocycles. The summed E-state index contributed by atoms with van der Waals surface area (Å²) in [5, 5.41) is 13.6. The Bertz CT molecular complexity index is 992. The van der Waals surface area contributed by atoms with Crippen molar-refractivity contribution in [1.29, 1.82) is 0 Å². The second kappa shape index (κ2) is 6.93. The first-order valence-electron chi connectivity index (χ1n) is 8.11. The summed E-state index contributed by atoms with van der Waals surface area (Å²) in [5.74, 6) is 0.678. The zero-order chi connectivity index (χ0) is 18.9. The number of nitrogens with one attached hydrogen (secondary N) is 1. The summed E-state index contributed by atoms with van der Waals surface area (Å²) in [7, 11) is -0.611. The van der Waals surface area contributed by atoms with E-state index in [-0.39, 0.29) is 10.7 Å². The van der Waals surface area contributed by atoms with Crippen molar-refractivity contribution in [2.24, 2.45) is 0 Å². The Morgan fingerprint density at radius 1 is 1.12 bits per heavy atom. The number of benzene rings is 2. The lowest BCUT2D eigenvalue weighted by molar-refractivity contribution is -0.593. The summed E-state index contributed by atoms with van der Waals surface area (Å²) < 4.78 is 32.5. The normalized spacial score (nSPS) is 17.2. The van der Waals surface area contributed by atoms with Gasteiger partial charge in [0, 0.05) is 11.1 Å². The van der Waals surface area contributed by atoms with Crippen LogP contribution in [-0.2, 0) is 14.3 Å². The Kier molecular flexibility index (Phi) is 4.84. The van der Waals surface area contributed by atoms with Gasteiger partial charge in [0.1, 0.15) is 4.90 Å². The summed E-state index contributed by atoms with van der Waals surface area (Å²) in [6.07, 6.45) is 0.633. The van der Waals surface area contributed by atoms with Crippen LogP contribution in [0.2, 0.25) is 0 Å². The van der Waals surface area contributed by atoms with Gasteiger partial charge in [0.05, 0.1) is 20.2 Å². The zero-order valence-electron chi connectivity index (χ0n) is 14.8. The van der Waals surface area contributed by atoms with Crippen molar-refractivity contribution >= 4 is 21.7 Å². The molecule has 0 amide bonds.